The van der Waals surface area contributed by atoms with Crippen LogP contribution in [0.25, 0.3) is 0 Å². The van der Waals surface area contributed by atoms with Crippen molar-refractivity contribution in [3.05, 3.63) is 29.8 Å². The van der Waals surface area contributed by atoms with Crippen LogP contribution in [-0.4, -0.2) is 19.5 Å². The van der Waals surface area contributed by atoms with E-state index in [-0.39, 0.29) is 5.91 Å². The molecule has 1 aromatic rings. The Morgan fingerprint density at radius 1 is 1.28 bits per heavy atom. The summed E-state index contributed by atoms with van der Waals surface area (Å²) in [6.07, 6.45) is 1.76. The molecule has 0 aromatic heterocycles. The molecule has 2 N–H and O–H groups in total. The fourth-order valence-corrected chi connectivity index (χ4v) is 1.86. The highest BCUT2D eigenvalue weighted by molar-refractivity contribution is 5.97. The Morgan fingerprint density at radius 3 is 2.22 bits per heavy atom. The van der Waals surface area contributed by atoms with Crippen LogP contribution in [0, 0.1) is 5.41 Å². The van der Waals surface area contributed by atoms with Gasteiger partial charge in [-0.1, -0.05) is 26.0 Å². The summed E-state index contributed by atoms with van der Waals surface area (Å²) < 4.78 is 0. The highest BCUT2D eigenvalue weighted by atomic mass is 16.2. The number of carbonyl (C=O) groups excluding carboxylic acids is 1. The van der Waals surface area contributed by atoms with Crippen molar-refractivity contribution in [2.45, 2.75) is 33.6 Å². The van der Waals surface area contributed by atoms with Gasteiger partial charge in [0.25, 0.3) is 0 Å². The summed E-state index contributed by atoms with van der Waals surface area (Å²) >= 11 is 0. The van der Waals surface area contributed by atoms with Crippen LogP contribution in [0.2, 0.25) is 0 Å². The van der Waals surface area contributed by atoms with Gasteiger partial charge in [0, 0.05) is 19.3 Å². The van der Waals surface area contributed by atoms with Crippen LogP contribution in [0.1, 0.15) is 32.8 Å². The standard InChI is InChI=1S/C15H24N2O/c1-5-12-7-9-13(10-8-12)17(4)14(18)15(3,6-2)11-16/h7-10H,5-6,11,16H2,1-4H3. The van der Waals surface area contributed by atoms with Crippen LogP contribution < -0.4 is 10.6 Å². The summed E-state index contributed by atoms with van der Waals surface area (Å²) in [7, 11) is 1.81. The highest BCUT2D eigenvalue weighted by Gasteiger charge is 2.32. The third-order valence-electron chi connectivity index (χ3n) is 3.78. The number of benzene rings is 1. The minimum atomic E-state index is -0.474. The average Bonchev–Trinajstić information content (AvgIpc) is 2.44. The second-order valence-corrected chi connectivity index (χ2v) is 5.00. The molecule has 100 valence electrons. The number of carbonyl (C=O) groups is 1. The van der Waals surface area contributed by atoms with Crippen LogP contribution in [0.15, 0.2) is 24.3 Å². The first-order valence-electron chi connectivity index (χ1n) is 6.55. The van der Waals surface area contributed by atoms with Crippen molar-refractivity contribution in [1.29, 1.82) is 0 Å². The summed E-state index contributed by atoms with van der Waals surface area (Å²) in [5.74, 6) is 0.0803. The molecule has 0 aliphatic rings. The van der Waals surface area contributed by atoms with Crippen molar-refractivity contribution >= 4 is 11.6 Å². The lowest BCUT2D eigenvalue weighted by Gasteiger charge is -2.30. The second kappa shape index (κ2) is 6.01. The van der Waals surface area contributed by atoms with Crippen LogP contribution >= 0.6 is 0 Å². The molecular formula is C15H24N2O. The summed E-state index contributed by atoms with van der Waals surface area (Å²) in [5, 5.41) is 0. The smallest absolute Gasteiger partial charge is 0.233 e. The lowest BCUT2D eigenvalue weighted by molar-refractivity contribution is -0.126. The predicted molar refractivity (Wildman–Crippen MR) is 76.7 cm³/mol. The molecule has 1 atom stereocenters. The third kappa shape index (κ3) is 2.91. The van der Waals surface area contributed by atoms with E-state index in [1.165, 1.54) is 5.56 Å². The first kappa shape index (κ1) is 14.7. The lowest BCUT2D eigenvalue weighted by atomic mass is 9.86. The summed E-state index contributed by atoms with van der Waals surface area (Å²) in [5.41, 5.74) is 7.45. The van der Waals surface area contributed by atoms with Gasteiger partial charge in [-0.25, -0.2) is 0 Å². The number of rotatable bonds is 5. The molecule has 0 heterocycles. The Labute approximate surface area is 110 Å². The summed E-state index contributed by atoms with van der Waals surface area (Å²) in [4.78, 5) is 14.1. The molecule has 1 rings (SSSR count). The molecule has 0 aliphatic carbocycles. The van der Waals surface area contributed by atoms with Gasteiger partial charge in [0.05, 0.1) is 5.41 Å². The number of hydrogen-bond acceptors (Lipinski definition) is 2. The van der Waals surface area contributed by atoms with Crippen LogP contribution in [0.3, 0.4) is 0 Å². The topological polar surface area (TPSA) is 46.3 Å². The van der Waals surface area contributed by atoms with E-state index in [4.69, 9.17) is 5.73 Å². The maximum Gasteiger partial charge on any atom is 0.233 e. The minimum absolute atomic E-state index is 0.0803. The van der Waals surface area contributed by atoms with Gasteiger partial charge in [0.2, 0.25) is 5.91 Å². The molecule has 0 radical (unpaired) electrons. The monoisotopic (exact) mass is 248 g/mol. The van der Waals surface area contributed by atoms with Gasteiger partial charge in [-0.3, -0.25) is 4.79 Å². The normalized spacial score (nSPS) is 14.1. The number of nitrogens with two attached hydrogens (primary N) is 1. The average molecular weight is 248 g/mol. The molecule has 0 aliphatic heterocycles. The molecular weight excluding hydrogens is 224 g/mol. The molecule has 3 nitrogen and oxygen atoms in total. The van der Waals surface area contributed by atoms with E-state index in [1.807, 2.05) is 33.0 Å². The first-order chi connectivity index (χ1) is 8.48. The maximum atomic E-state index is 12.4. The van der Waals surface area contributed by atoms with Crippen molar-refractivity contribution in [3.63, 3.8) is 0 Å². The fraction of sp³-hybridized carbons (Fsp3) is 0.533. The molecule has 0 bridgehead atoms. The van der Waals surface area contributed by atoms with Crippen molar-refractivity contribution in [3.8, 4) is 0 Å². The van der Waals surface area contributed by atoms with Crippen LogP contribution in [0.5, 0.6) is 0 Å². The van der Waals surface area contributed by atoms with Gasteiger partial charge in [0.1, 0.15) is 0 Å². The Kier molecular flexibility index (Phi) is 4.91. The molecule has 0 saturated carbocycles. The number of aryl methyl sites for hydroxylation is 1. The largest absolute Gasteiger partial charge is 0.329 e. The fourth-order valence-electron chi connectivity index (χ4n) is 1.86. The van der Waals surface area contributed by atoms with Gasteiger partial charge in [-0.15, -0.1) is 0 Å². The van der Waals surface area contributed by atoms with E-state index in [0.29, 0.717) is 6.54 Å². The predicted octanol–water partition coefficient (Wildman–Crippen LogP) is 2.59. The quantitative estimate of drug-likeness (QED) is 0.870. The molecule has 1 amide bonds. The molecule has 3 heteroatoms. The molecule has 0 saturated heterocycles. The summed E-state index contributed by atoms with van der Waals surface area (Å²) in [6.45, 7) is 6.41. The second-order valence-electron chi connectivity index (χ2n) is 5.00. The minimum Gasteiger partial charge on any atom is -0.329 e. The van der Waals surface area contributed by atoms with Crippen molar-refractivity contribution < 1.29 is 4.79 Å². The zero-order valence-corrected chi connectivity index (χ0v) is 11.9. The summed E-state index contributed by atoms with van der Waals surface area (Å²) in [6, 6.07) is 8.10. The molecule has 1 aromatic carbocycles. The Hall–Kier alpha value is -1.35. The number of anilines is 1. The lowest BCUT2D eigenvalue weighted by Crippen LogP contribution is -2.44. The SMILES string of the molecule is CCc1ccc(N(C)C(=O)C(C)(CC)CN)cc1. The van der Waals surface area contributed by atoms with Gasteiger partial charge in [-0.2, -0.15) is 0 Å². The zero-order chi connectivity index (χ0) is 13.8. The molecule has 18 heavy (non-hydrogen) atoms. The van der Waals surface area contributed by atoms with E-state index < -0.39 is 5.41 Å². The van der Waals surface area contributed by atoms with Gasteiger partial charge >= 0.3 is 0 Å². The molecule has 0 spiro atoms. The Bertz CT molecular complexity index is 393. The first-order valence-corrected chi connectivity index (χ1v) is 6.55. The number of nitrogens with zero attached hydrogens (tertiary/aromatic N) is 1. The molecule has 1 unspecified atom stereocenters. The van der Waals surface area contributed by atoms with E-state index in [1.54, 1.807) is 4.90 Å². The maximum absolute atomic E-state index is 12.4. The van der Waals surface area contributed by atoms with Crippen molar-refractivity contribution in [1.82, 2.24) is 0 Å². The number of hydrogen-bond donors (Lipinski definition) is 1. The zero-order valence-electron chi connectivity index (χ0n) is 11.9. The van der Waals surface area contributed by atoms with E-state index in [0.717, 1.165) is 18.5 Å². The van der Waals surface area contributed by atoms with Crippen molar-refractivity contribution in [2.24, 2.45) is 11.1 Å². The third-order valence-corrected chi connectivity index (χ3v) is 3.78. The Morgan fingerprint density at radius 2 is 1.83 bits per heavy atom. The van der Waals surface area contributed by atoms with Crippen molar-refractivity contribution in [2.75, 3.05) is 18.5 Å². The molecule has 0 fully saturated rings. The van der Waals surface area contributed by atoms with E-state index in [9.17, 15) is 4.79 Å². The van der Waals surface area contributed by atoms with Gasteiger partial charge in [0.15, 0.2) is 0 Å². The van der Waals surface area contributed by atoms with Gasteiger partial charge < -0.3 is 10.6 Å². The van der Waals surface area contributed by atoms with Gasteiger partial charge in [-0.05, 0) is 37.5 Å². The van der Waals surface area contributed by atoms with E-state index in [2.05, 4.69) is 19.1 Å². The van der Waals surface area contributed by atoms with Crippen LogP contribution in [0.4, 0.5) is 5.69 Å². The number of amides is 1. The Balaban J connectivity index is 2.92. The van der Waals surface area contributed by atoms with Crippen LogP contribution in [-0.2, 0) is 11.2 Å². The van der Waals surface area contributed by atoms with E-state index >= 15 is 0 Å². The highest BCUT2D eigenvalue weighted by Crippen LogP contribution is 2.25.